The molecule has 1 rings (SSSR count). The van der Waals surface area contributed by atoms with Crippen molar-refractivity contribution in [2.45, 2.75) is 85.1 Å². The molecule has 0 aromatic heterocycles. The van der Waals surface area contributed by atoms with Crippen LogP contribution in [0, 0.1) is 17.8 Å². The molecule has 0 amide bonds. The first-order chi connectivity index (χ1) is 8.67. The molecule has 1 atom stereocenters. The predicted molar refractivity (Wildman–Crippen MR) is 81.9 cm³/mol. The Bertz CT molecular complexity index is 192. The minimum absolute atomic E-state index is 0.792. The minimum Gasteiger partial charge on any atom is -0.314 e. The summed E-state index contributed by atoms with van der Waals surface area (Å²) < 4.78 is 0. The zero-order valence-corrected chi connectivity index (χ0v) is 13.2. The van der Waals surface area contributed by atoms with Gasteiger partial charge in [0.1, 0.15) is 0 Å². The van der Waals surface area contributed by atoms with Gasteiger partial charge in [0.2, 0.25) is 0 Å². The van der Waals surface area contributed by atoms with E-state index in [1.807, 2.05) is 0 Å². The highest BCUT2D eigenvalue weighted by Gasteiger charge is 2.26. The van der Waals surface area contributed by atoms with Gasteiger partial charge in [-0.15, -0.1) is 0 Å². The lowest BCUT2D eigenvalue weighted by Gasteiger charge is -2.34. The van der Waals surface area contributed by atoms with E-state index in [1.54, 1.807) is 0 Å². The third kappa shape index (κ3) is 5.73. The average Bonchev–Trinajstić information content (AvgIpc) is 2.36. The number of hydrogen-bond donors (Lipinski definition) is 1. The molecule has 1 nitrogen and oxygen atoms in total. The van der Waals surface area contributed by atoms with Gasteiger partial charge in [-0.05, 0) is 50.0 Å². The molecular formula is C17H35N. The van der Waals surface area contributed by atoms with E-state index in [2.05, 4.69) is 33.0 Å². The van der Waals surface area contributed by atoms with E-state index in [0.717, 1.165) is 30.3 Å². The molecule has 1 saturated carbocycles. The van der Waals surface area contributed by atoms with E-state index < -0.39 is 0 Å². The van der Waals surface area contributed by atoms with E-state index in [-0.39, 0.29) is 0 Å². The molecule has 108 valence electrons. The van der Waals surface area contributed by atoms with Crippen LogP contribution in [0.15, 0.2) is 0 Å². The molecule has 1 unspecified atom stereocenters. The monoisotopic (exact) mass is 253 g/mol. The van der Waals surface area contributed by atoms with Crippen LogP contribution < -0.4 is 5.32 Å². The molecule has 0 bridgehead atoms. The van der Waals surface area contributed by atoms with Gasteiger partial charge in [-0.3, -0.25) is 0 Å². The van der Waals surface area contributed by atoms with Crippen molar-refractivity contribution in [3.8, 4) is 0 Å². The number of rotatable bonds is 8. The summed E-state index contributed by atoms with van der Waals surface area (Å²) in [6, 6.07) is 0.792. The summed E-state index contributed by atoms with van der Waals surface area (Å²) in [5.74, 6) is 2.85. The normalized spacial score (nSPS) is 26.5. The minimum atomic E-state index is 0.792. The average molecular weight is 253 g/mol. The lowest BCUT2D eigenvalue weighted by Crippen LogP contribution is -2.38. The quantitative estimate of drug-likeness (QED) is 0.641. The topological polar surface area (TPSA) is 12.0 Å². The van der Waals surface area contributed by atoms with Gasteiger partial charge in [-0.2, -0.15) is 0 Å². The van der Waals surface area contributed by atoms with Gasteiger partial charge in [0, 0.05) is 6.04 Å². The van der Waals surface area contributed by atoms with Crippen molar-refractivity contribution in [3.05, 3.63) is 0 Å². The Hall–Kier alpha value is -0.0400. The summed E-state index contributed by atoms with van der Waals surface area (Å²) >= 11 is 0. The van der Waals surface area contributed by atoms with Gasteiger partial charge in [0.25, 0.3) is 0 Å². The Balaban J connectivity index is 2.34. The molecule has 0 aromatic rings. The number of nitrogens with one attached hydrogen (secondary N) is 1. The summed E-state index contributed by atoms with van der Waals surface area (Å²) in [5, 5.41) is 3.75. The van der Waals surface area contributed by atoms with Crippen LogP contribution in [0.25, 0.3) is 0 Å². The Morgan fingerprint density at radius 3 is 2.17 bits per heavy atom. The van der Waals surface area contributed by atoms with Crippen LogP contribution in [0.5, 0.6) is 0 Å². The lowest BCUT2D eigenvalue weighted by atomic mass is 9.76. The fourth-order valence-corrected chi connectivity index (χ4v) is 3.57. The molecule has 0 radical (unpaired) electrons. The molecule has 1 fully saturated rings. The second-order valence-electron chi connectivity index (χ2n) is 6.70. The van der Waals surface area contributed by atoms with Crippen molar-refractivity contribution in [3.63, 3.8) is 0 Å². The molecule has 1 aliphatic carbocycles. The van der Waals surface area contributed by atoms with Crippen LogP contribution >= 0.6 is 0 Å². The summed E-state index contributed by atoms with van der Waals surface area (Å²) in [4.78, 5) is 0. The second-order valence-corrected chi connectivity index (χ2v) is 6.70. The van der Waals surface area contributed by atoms with Gasteiger partial charge in [-0.1, -0.05) is 53.4 Å². The van der Waals surface area contributed by atoms with E-state index in [4.69, 9.17) is 0 Å². The van der Waals surface area contributed by atoms with E-state index in [0.29, 0.717) is 0 Å². The summed E-state index contributed by atoms with van der Waals surface area (Å²) in [6.07, 6.45) is 11.5. The Morgan fingerprint density at radius 1 is 1.00 bits per heavy atom. The number of hydrogen-bond acceptors (Lipinski definition) is 1. The zero-order valence-electron chi connectivity index (χ0n) is 13.2. The maximum atomic E-state index is 3.75. The molecular weight excluding hydrogens is 218 g/mol. The maximum Gasteiger partial charge on any atom is 0.00953 e. The SMILES string of the molecule is CCCC1CCC(C(CCC(C)C)NCC)CC1. The summed E-state index contributed by atoms with van der Waals surface area (Å²) in [5.41, 5.74) is 0. The standard InChI is InChI=1S/C17H35N/c1-5-7-15-9-11-16(12-10-15)17(18-6-2)13-8-14(3)4/h14-18H,5-13H2,1-4H3. The van der Waals surface area contributed by atoms with E-state index in [1.165, 1.54) is 51.4 Å². The highest BCUT2D eigenvalue weighted by Crippen LogP contribution is 2.34. The smallest absolute Gasteiger partial charge is 0.00953 e. The van der Waals surface area contributed by atoms with Crippen molar-refractivity contribution in [1.82, 2.24) is 5.32 Å². The fourth-order valence-electron chi connectivity index (χ4n) is 3.57. The van der Waals surface area contributed by atoms with Crippen molar-refractivity contribution >= 4 is 0 Å². The Morgan fingerprint density at radius 2 is 1.67 bits per heavy atom. The van der Waals surface area contributed by atoms with Gasteiger partial charge >= 0.3 is 0 Å². The van der Waals surface area contributed by atoms with Crippen LogP contribution in [0.4, 0.5) is 0 Å². The Labute approximate surface area is 115 Å². The van der Waals surface area contributed by atoms with Crippen LogP contribution in [0.3, 0.4) is 0 Å². The predicted octanol–water partition coefficient (Wildman–Crippen LogP) is 5.01. The van der Waals surface area contributed by atoms with Crippen LogP contribution in [-0.2, 0) is 0 Å². The summed E-state index contributed by atoms with van der Waals surface area (Å²) in [7, 11) is 0. The molecule has 1 N–H and O–H groups in total. The van der Waals surface area contributed by atoms with Crippen LogP contribution in [0.1, 0.15) is 79.1 Å². The van der Waals surface area contributed by atoms with E-state index in [9.17, 15) is 0 Å². The highest BCUT2D eigenvalue weighted by molar-refractivity contribution is 4.82. The maximum absolute atomic E-state index is 3.75. The molecule has 0 heterocycles. The third-order valence-corrected chi connectivity index (χ3v) is 4.68. The van der Waals surface area contributed by atoms with Crippen LogP contribution in [0.2, 0.25) is 0 Å². The van der Waals surface area contributed by atoms with Crippen molar-refractivity contribution in [1.29, 1.82) is 0 Å². The molecule has 0 aromatic carbocycles. The van der Waals surface area contributed by atoms with Gasteiger partial charge < -0.3 is 5.32 Å². The molecule has 0 aliphatic heterocycles. The van der Waals surface area contributed by atoms with Crippen molar-refractivity contribution < 1.29 is 0 Å². The van der Waals surface area contributed by atoms with Crippen molar-refractivity contribution in [2.24, 2.45) is 17.8 Å². The third-order valence-electron chi connectivity index (χ3n) is 4.68. The zero-order chi connectivity index (χ0) is 13.4. The largest absolute Gasteiger partial charge is 0.314 e. The molecule has 0 saturated heterocycles. The highest BCUT2D eigenvalue weighted by atomic mass is 14.9. The lowest BCUT2D eigenvalue weighted by molar-refractivity contribution is 0.203. The second kappa shape index (κ2) is 8.96. The molecule has 1 heteroatoms. The first-order valence-electron chi connectivity index (χ1n) is 8.40. The Kier molecular flexibility index (Phi) is 7.97. The van der Waals surface area contributed by atoms with E-state index >= 15 is 0 Å². The molecule has 0 spiro atoms. The van der Waals surface area contributed by atoms with Gasteiger partial charge in [0.15, 0.2) is 0 Å². The molecule has 1 aliphatic rings. The summed E-state index contributed by atoms with van der Waals surface area (Å²) in [6.45, 7) is 10.4. The van der Waals surface area contributed by atoms with Crippen LogP contribution in [-0.4, -0.2) is 12.6 Å². The fraction of sp³-hybridized carbons (Fsp3) is 1.00. The first kappa shape index (κ1) is 16.0. The molecule has 18 heavy (non-hydrogen) atoms. The van der Waals surface area contributed by atoms with Gasteiger partial charge in [-0.25, -0.2) is 0 Å². The van der Waals surface area contributed by atoms with Gasteiger partial charge in [0.05, 0.1) is 0 Å². The first-order valence-corrected chi connectivity index (χ1v) is 8.40. The van der Waals surface area contributed by atoms with Crippen molar-refractivity contribution in [2.75, 3.05) is 6.54 Å².